The largest absolute Gasteiger partial charge is 0.379 e. The van der Waals surface area contributed by atoms with E-state index in [4.69, 9.17) is 0 Å². The molecule has 2 aliphatic heterocycles. The van der Waals surface area contributed by atoms with Gasteiger partial charge in [0.2, 0.25) is 0 Å². The Morgan fingerprint density at radius 3 is 2.67 bits per heavy atom. The minimum Gasteiger partial charge on any atom is -0.379 e. The molecule has 106 valence electrons. The third kappa shape index (κ3) is 2.02. The maximum atomic E-state index is 4.10. The summed E-state index contributed by atoms with van der Waals surface area (Å²) in [5.41, 5.74) is 5.53. The predicted molar refractivity (Wildman–Crippen MR) is 89.0 cm³/mol. The van der Waals surface area contributed by atoms with E-state index < -0.39 is 0 Å². The van der Waals surface area contributed by atoms with Gasteiger partial charge in [-0.1, -0.05) is 42.5 Å². The van der Waals surface area contributed by atoms with Crippen molar-refractivity contribution in [2.75, 3.05) is 16.8 Å². The Bertz CT molecular complexity index is 652. The summed E-state index contributed by atoms with van der Waals surface area (Å²) in [6.45, 7) is 5.19. The van der Waals surface area contributed by atoms with Crippen molar-refractivity contribution in [1.82, 2.24) is 0 Å². The molecule has 2 atom stereocenters. The molecule has 0 radical (unpaired) electrons. The average molecular weight is 276 g/mol. The monoisotopic (exact) mass is 276 g/mol. The van der Waals surface area contributed by atoms with E-state index in [0.29, 0.717) is 12.1 Å². The lowest BCUT2D eigenvalue weighted by atomic mass is 10.0. The molecule has 2 heteroatoms. The lowest BCUT2D eigenvalue weighted by Crippen LogP contribution is -2.44. The van der Waals surface area contributed by atoms with Crippen LogP contribution in [0.25, 0.3) is 0 Å². The number of para-hydroxylation sites is 2. The normalized spacial score (nSPS) is 20.6. The van der Waals surface area contributed by atoms with E-state index in [1.54, 1.807) is 0 Å². The van der Waals surface area contributed by atoms with Crippen molar-refractivity contribution in [1.29, 1.82) is 0 Å². The molecule has 2 nitrogen and oxygen atoms in total. The number of nitrogens with zero attached hydrogens (tertiary/aromatic N) is 1. The topological polar surface area (TPSA) is 15.3 Å². The van der Waals surface area contributed by atoms with Crippen molar-refractivity contribution < 1.29 is 0 Å². The van der Waals surface area contributed by atoms with Gasteiger partial charge in [-0.2, -0.15) is 0 Å². The molecule has 2 aliphatic rings. The molecule has 2 aromatic carbocycles. The van der Waals surface area contributed by atoms with Crippen LogP contribution in [0.1, 0.15) is 11.1 Å². The number of hydrogen-bond donors (Lipinski definition) is 1. The zero-order valence-electron chi connectivity index (χ0n) is 12.1. The lowest BCUT2D eigenvalue weighted by Gasteiger charge is -2.32. The van der Waals surface area contributed by atoms with Gasteiger partial charge in [0.05, 0.1) is 12.1 Å². The lowest BCUT2D eigenvalue weighted by molar-refractivity contribution is 0.607. The van der Waals surface area contributed by atoms with Crippen LogP contribution in [0.5, 0.6) is 0 Å². The van der Waals surface area contributed by atoms with Gasteiger partial charge < -0.3 is 10.2 Å². The van der Waals surface area contributed by atoms with Crippen molar-refractivity contribution in [3.05, 3.63) is 72.3 Å². The SMILES string of the molecule is C=CC(C1Cc2ccccc2N1)N1CCc2ccccc21. The van der Waals surface area contributed by atoms with Gasteiger partial charge in [0.25, 0.3) is 0 Å². The molecule has 4 rings (SSSR count). The third-order valence-electron chi connectivity index (χ3n) is 4.73. The second-order valence-electron chi connectivity index (χ2n) is 5.91. The van der Waals surface area contributed by atoms with Crippen molar-refractivity contribution >= 4 is 11.4 Å². The van der Waals surface area contributed by atoms with Gasteiger partial charge in [0.1, 0.15) is 0 Å². The molecule has 0 fully saturated rings. The molecule has 0 saturated heterocycles. The smallest absolute Gasteiger partial charge is 0.0675 e. The van der Waals surface area contributed by atoms with Gasteiger partial charge in [-0.15, -0.1) is 6.58 Å². The number of rotatable bonds is 3. The molecule has 0 spiro atoms. The molecule has 0 aromatic heterocycles. The van der Waals surface area contributed by atoms with E-state index in [0.717, 1.165) is 19.4 Å². The molecule has 1 N–H and O–H groups in total. The van der Waals surface area contributed by atoms with Crippen LogP contribution in [0.15, 0.2) is 61.2 Å². The number of anilines is 2. The van der Waals surface area contributed by atoms with Crippen LogP contribution in [-0.4, -0.2) is 18.6 Å². The fourth-order valence-electron chi connectivity index (χ4n) is 3.72. The Kier molecular flexibility index (Phi) is 2.95. The average Bonchev–Trinajstić information content (AvgIpc) is 3.13. The first-order chi connectivity index (χ1) is 10.4. The van der Waals surface area contributed by atoms with Crippen LogP contribution < -0.4 is 10.2 Å². The number of hydrogen-bond acceptors (Lipinski definition) is 2. The number of nitrogens with one attached hydrogen (secondary N) is 1. The molecule has 2 unspecified atom stereocenters. The Morgan fingerprint density at radius 1 is 1.10 bits per heavy atom. The third-order valence-corrected chi connectivity index (χ3v) is 4.73. The van der Waals surface area contributed by atoms with E-state index in [9.17, 15) is 0 Å². The highest BCUT2D eigenvalue weighted by molar-refractivity contribution is 5.62. The van der Waals surface area contributed by atoms with Gasteiger partial charge in [-0.05, 0) is 36.1 Å². The Morgan fingerprint density at radius 2 is 1.86 bits per heavy atom. The highest BCUT2D eigenvalue weighted by Gasteiger charge is 2.33. The van der Waals surface area contributed by atoms with Crippen molar-refractivity contribution in [2.45, 2.75) is 24.9 Å². The van der Waals surface area contributed by atoms with Crippen LogP contribution in [0.2, 0.25) is 0 Å². The van der Waals surface area contributed by atoms with Crippen LogP contribution >= 0.6 is 0 Å². The van der Waals surface area contributed by atoms with Gasteiger partial charge in [-0.25, -0.2) is 0 Å². The Labute approximate surface area is 126 Å². The summed E-state index contributed by atoms with van der Waals surface area (Å²) in [6, 6.07) is 18.1. The van der Waals surface area contributed by atoms with Crippen molar-refractivity contribution in [3.8, 4) is 0 Å². The first-order valence-corrected chi connectivity index (χ1v) is 7.68. The Hall–Kier alpha value is -2.22. The summed E-state index contributed by atoms with van der Waals surface area (Å²) in [4.78, 5) is 2.51. The standard InChI is InChI=1S/C19H20N2/c1-2-18(17-13-15-8-3-5-9-16(15)20-17)21-12-11-14-7-4-6-10-19(14)21/h2-10,17-18,20H,1,11-13H2. The summed E-state index contributed by atoms with van der Waals surface area (Å²) < 4.78 is 0. The molecule has 0 amide bonds. The maximum absolute atomic E-state index is 4.10. The summed E-state index contributed by atoms with van der Waals surface area (Å²) in [5, 5.41) is 3.68. The summed E-state index contributed by atoms with van der Waals surface area (Å²) in [7, 11) is 0. The number of fused-ring (bicyclic) bond motifs is 2. The van der Waals surface area contributed by atoms with E-state index in [2.05, 4.69) is 71.4 Å². The molecule has 0 aliphatic carbocycles. The minimum absolute atomic E-state index is 0.334. The van der Waals surface area contributed by atoms with Crippen molar-refractivity contribution in [2.24, 2.45) is 0 Å². The van der Waals surface area contributed by atoms with Crippen LogP contribution in [0.3, 0.4) is 0 Å². The van der Waals surface area contributed by atoms with Crippen LogP contribution in [-0.2, 0) is 12.8 Å². The fourth-order valence-corrected chi connectivity index (χ4v) is 3.72. The van der Waals surface area contributed by atoms with Gasteiger partial charge in [0, 0.05) is 17.9 Å². The summed E-state index contributed by atoms with van der Waals surface area (Å²) in [5.74, 6) is 0. The first kappa shape index (κ1) is 12.5. The van der Waals surface area contributed by atoms with Gasteiger partial charge in [-0.3, -0.25) is 0 Å². The second kappa shape index (κ2) is 4.96. The molecule has 2 heterocycles. The molecular weight excluding hydrogens is 256 g/mol. The highest BCUT2D eigenvalue weighted by Crippen LogP contribution is 2.34. The maximum Gasteiger partial charge on any atom is 0.0675 e. The van der Waals surface area contributed by atoms with Crippen LogP contribution in [0, 0.1) is 0 Å². The zero-order valence-corrected chi connectivity index (χ0v) is 12.1. The number of benzene rings is 2. The van der Waals surface area contributed by atoms with Gasteiger partial charge >= 0.3 is 0 Å². The quantitative estimate of drug-likeness (QED) is 0.861. The van der Waals surface area contributed by atoms with Gasteiger partial charge in [0.15, 0.2) is 0 Å². The van der Waals surface area contributed by atoms with E-state index in [1.807, 2.05) is 0 Å². The molecule has 21 heavy (non-hydrogen) atoms. The first-order valence-electron chi connectivity index (χ1n) is 7.68. The van der Waals surface area contributed by atoms with E-state index >= 15 is 0 Å². The minimum atomic E-state index is 0.334. The molecular formula is C19H20N2. The Balaban J connectivity index is 1.62. The summed E-state index contributed by atoms with van der Waals surface area (Å²) in [6.07, 6.45) is 4.32. The van der Waals surface area contributed by atoms with Crippen molar-refractivity contribution in [3.63, 3.8) is 0 Å². The fraction of sp³-hybridized carbons (Fsp3) is 0.263. The highest BCUT2D eigenvalue weighted by atomic mass is 15.2. The zero-order chi connectivity index (χ0) is 14.2. The van der Waals surface area contributed by atoms with E-state index in [1.165, 1.54) is 22.5 Å². The molecule has 2 aromatic rings. The molecule has 0 saturated carbocycles. The predicted octanol–water partition coefficient (Wildman–Crippen LogP) is 3.64. The summed E-state index contributed by atoms with van der Waals surface area (Å²) >= 11 is 0. The van der Waals surface area contributed by atoms with Crippen LogP contribution in [0.4, 0.5) is 11.4 Å². The molecule has 0 bridgehead atoms. The second-order valence-corrected chi connectivity index (χ2v) is 5.91. The van der Waals surface area contributed by atoms with E-state index in [-0.39, 0.29) is 0 Å².